The number of carbonyl (C=O) groups is 1. The lowest BCUT2D eigenvalue weighted by Crippen LogP contribution is -2.54. The van der Waals surface area contributed by atoms with E-state index in [2.05, 4.69) is 7.05 Å². The van der Waals surface area contributed by atoms with Crippen LogP contribution in [0.1, 0.15) is 27.2 Å². The molecule has 1 fully saturated rings. The van der Waals surface area contributed by atoms with Crippen molar-refractivity contribution in [2.75, 3.05) is 26.7 Å². The van der Waals surface area contributed by atoms with Gasteiger partial charge in [0.25, 0.3) is 0 Å². The Morgan fingerprint density at radius 1 is 1.50 bits per heavy atom. The predicted octanol–water partition coefficient (Wildman–Crippen LogP) is -0.183. The number of ether oxygens (including phenoxy) is 1. The lowest BCUT2D eigenvalue weighted by molar-refractivity contribution is -0.906. The molecule has 0 unspecified atom stereocenters. The highest BCUT2D eigenvalue weighted by Crippen LogP contribution is 2.35. The Kier molecular flexibility index (Phi) is 4.69. The van der Waals surface area contributed by atoms with Crippen molar-refractivity contribution < 1.29 is 29.3 Å². The van der Waals surface area contributed by atoms with Crippen LogP contribution in [0, 0.1) is 5.92 Å². The highest BCUT2D eigenvalue weighted by atomic mass is 16.6. The molecule has 0 amide bonds. The third-order valence-electron chi connectivity index (χ3n) is 5.34. The van der Waals surface area contributed by atoms with Crippen molar-refractivity contribution >= 4 is 5.97 Å². The summed E-state index contributed by atoms with van der Waals surface area (Å²) in [4.78, 5) is 12.2. The quantitative estimate of drug-likeness (QED) is 0.372. The van der Waals surface area contributed by atoms with E-state index in [1.807, 2.05) is 6.08 Å². The number of esters is 1. The topological polar surface area (TPSA) is 87.0 Å². The molecular formula is C16H28NO5+. The second-order valence-corrected chi connectivity index (χ2v) is 7.20. The van der Waals surface area contributed by atoms with Crippen LogP contribution in [-0.4, -0.2) is 76.4 Å². The minimum Gasteiger partial charge on any atom is -0.459 e. The van der Waals surface area contributed by atoms with E-state index < -0.39 is 29.7 Å². The maximum absolute atomic E-state index is 12.2. The second-order valence-electron chi connectivity index (χ2n) is 7.20. The molecule has 2 aliphatic rings. The van der Waals surface area contributed by atoms with Crippen LogP contribution in [0.2, 0.25) is 0 Å². The molecular weight excluding hydrogens is 286 g/mol. The molecule has 0 saturated carbocycles. The first-order chi connectivity index (χ1) is 10.1. The molecule has 2 heterocycles. The summed E-state index contributed by atoms with van der Waals surface area (Å²) >= 11 is 0. The fraction of sp³-hybridized carbons (Fsp3) is 0.812. The minimum atomic E-state index is -1.91. The van der Waals surface area contributed by atoms with E-state index in [-0.39, 0.29) is 12.6 Å². The van der Waals surface area contributed by atoms with Gasteiger partial charge in [-0.1, -0.05) is 13.8 Å². The Hall–Kier alpha value is -0.950. The van der Waals surface area contributed by atoms with Crippen molar-refractivity contribution in [3.8, 4) is 0 Å². The van der Waals surface area contributed by atoms with Crippen molar-refractivity contribution in [1.82, 2.24) is 0 Å². The number of fused-ring (bicyclic) bond motifs is 1. The van der Waals surface area contributed by atoms with Crippen molar-refractivity contribution in [3.63, 3.8) is 0 Å². The molecule has 2 rings (SSSR count). The SMILES string of the molecule is CC(C)[C@@](O)(C(=O)OCC1=CC[N@+]2(C)CC[C@H](O)[C@@H]12)[C@@H](C)O. The minimum absolute atomic E-state index is 0.0357. The fourth-order valence-electron chi connectivity index (χ4n) is 3.74. The van der Waals surface area contributed by atoms with Crippen LogP contribution in [0.15, 0.2) is 11.6 Å². The lowest BCUT2D eigenvalue weighted by Gasteiger charge is -2.33. The van der Waals surface area contributed by atoms with Gasteiger partial charge in [-0.3, -0.25) is 0 Å². The van der Waals surface area contributed by atoms with Crippen molar-refractivity contribution in [3.05, 3.63) is 11.6 Å². The molecule has 6 nitrogen and oxygen atoms in total. The van der Waals surface area contributed by atoms with E-state index in [9.17, 15) is 20.1 Å². The molecule has 126 valence electrons. The zero-order valence-electron chi connectivity index (χ0n) is 13.8. The van der Waals surface area contributed by atoms with Gasteiger partial charge in [0, 0.05) is 12.0 Å². The van der Waals surface area contributed by atoms with Gasteiger partial charge < -0.3 is 24.5 Å². The van der Waals surface area contributed by atoms with Gasteiger partial charge >= 0.3 is 5.97 Å². The number of carbonyl (C=O) groups excluding carboxylic acids is 1. The van der Waals surface area contributed by atoms with E-state index >= 15 is 0 Å². The van der Waals surface area contributed by atoms with Crippen molar-refractivity contribution in [2.45, 2.75) is 51.0 Å². The molecule has 0 aromatic rings. The molecule has 6 heteroatoms. The van der Waals surface area contributed by atoms with E-state index in [0.717, 1.165) is 29.6 Å². The highest BCUT2D eigenvalue weighted by molar-refractivity contribution is 5.80. The monoisotopic (exact) mass is 314 g/mol. The molecule has 2 aliphatic heterocycles. The number of aliphatic hydroxyl groups is 3. The molecule has 1 saturated heterocycles. The maximum Gasteiger partial charge on any atom is 0.341 e. The van der Waals surface area contributed by atoms with E-state index in [1.165, 1.54) is 6.92 Å². The summed E-state index contributed by atoms with van der Waals surface area (Å²) in [5.41, 5.74) is -1.01. The first-order valence-corrected chi connectivity index (χ1v) is 7.91. The van der Waals surface area contributed by atoms with Gasteiger partial charge in [-0.15, -0.1) is 0 Å². The molecule has 0 bridgehead atoms. The summed E-state index contributed by atoms with van der Waals surface area (Å²) in [6, 6.07) is -0.0357. The van der Waals surface area contributed by atoms with Gasteiger partial charge in [0.1, 0.15) is 18.8 Å². The average Bonchev–Trinajstić information content (AvgIpc) is 2.92. The Morgan fingerprint density at radius 2 is 2.14 bits per heavy atom. The van der Waals surface area contributed by atoms with E-state index in [4.69, 9.17) is 4.74 Å². The Labute approximate surface area is 131 Å². The number of hydrogen-bond donors (Lipinski definition) is 3. The third-order valence-corrected chi connectivity index (χ3v) is 5.34. The predicted molar refractivity (Wildman–Crippen MR) is 80.8 cm³/mol. The van der Waals surface area contributed by atoms with Crippen LogP contribution in [0.4, 0.5) is 0 Å². The van der Waals surface area contributed by atoms with Crippen LogP contribution < -0.4 is 0 Å². The van der Waals surface area contributed by atoms with E-state index in [1.54, 1.807) is 13.8 Å². The van der Waals surface area contributed by atoms with Gasteiger partial charge in [0.05, 0.1) is 26.2 Å². The summed E-state index contributed by atoms with van der Waals surface area (Å²) in [7, 11) is 2.09. The third kappa shape index (κ3) is 2.69. The summed E-state index contributed by atoms with van der Waals surface area (Å²) in [6.07, 6.45) is 1.13. The van der Waals surface area contributed by atoms with Gasteiger partial charge in [-0.2, -0.15) is 0 Å². The Morgan fingerprint density at radius 3 is 2.68 bits per heavy atom. The molecule has 5 atom stereocenters. The molecule has 22 heavy (non-hydrogen) atoms. The average molecular weight is 314 g/mol. The number of nitrogens with zero attached hydrogens (tertiary/aromatic N) is 1. The number of rotatable bonds is 5. The molecule has 0 radical (unpaired) electrons. The van der Waals surface area contributed by atoms with E-state index in [0.29, 0.717) is 0 Å². The maximum atomic E-state index is 12.2. The van der Waals surface area contributed by atoms with Crippen LogP contribution >= 0.6 is 0 Å². The molecule has 0 aromatic heterocycles. The number of quaternary nitrogens is 1. The smallest absolute Gasteiger partial charge is 0.341 e. The lowest BCUT2D eigenvalue weighted by atomic mass is 9.85. The number of likely N-dealkylation sites (N-methyl/N-ethyl adjacent to an activating group) is 1. The number of hydrogen-bond acceptors (Lipinski definition) is 5. The van der Waals surface area contributed by atoms with Gasteiger partial charge in [0.2, 0.25) is 0 Å². The Balaban J connectivity index is 2.03. The zero-order valence-corrected chi connectivity index (χ0v) is 13.8. The summed E-state index contributed by atoms with van der Waals surface area (Å²) < 4.78 is 6.03. The van der Waals surface area contributed by atoms with Gasteiger partial charge in [0.15, 0.2) is 5.60 Å². The largest absolute Gasteiger partial charge is 0.459 e. The first kappa shape index (κ1) is 17.4. The molecule has 3 N–H and O–H groups in total. The van der Waals surface area contributed by atoms with Crippen LogP contribution in [0.3, 0.4) is 0 Å². The summed E-state index contributed by atoms with van der Waals surface area (Å²) in [5, 5.41) is 30.3. The van der Waals surface area contributed by atoms with Gasteiger partial charge in [-0.25, -0.2) is 4.79 Å². The molecule has 0 spiro atoms. The zero-order chi connectivity index (χ0) is 16.7. The van der Waals surface area contributed by atoms with Gasteiger partial charge in [-0.05, 0) is 18.9 Å². The van der Waals surface area contributed by atoms with Crippen molar-refractivity contribution in [2.24, 2.45) is 5.92 Å². The van der Waals surface area contributed by atoms with Crippen LogP contribution in [-0.2, 0) is 9.53 Å². The standard InChI is InChI=1S/C16H28NO5/c1-10(2)16(21,11(3)18)15(20)22-9-12-5-7-17(4)8-6-13(19)14(12)17/h5,10-11,13-14,18-19,21H,6-9H2,1-4H3/q+1/t11-,13+,14-,16+,17-/m1/s1. The van der Waals surface area contributed by atoms with Crippen LogP contribution in [0.25, 0.3) is 0 Å². The highest BCUT2D eigenvalue weighted by Gasteiger charge is 2.51. The fourth-order valence-corrected chi connectivity index (χ4v) is 3.74. The first-order valence-electron chi connectivity index (χ1n) is 7.91. The normalized spacial score (nSPS) is 35.0. The van der Waals surface area contributed by atoms with Crippen LogP contribution in [0.5, 0.6) is 0 Å². The Bertz CT molecular complexity index is 465. The molecule has 0 aromatic carbocycles. The second kappa shape index (κ2) is 5.92. The summed E-state index contributed by atoms with van der Waals surface area (Å²) in [6.45, 7) is 6.48. The molecule has 0 aliphatic carbocycles. The summed E-state index contributed by atoms with van der Waals surface area (Å²) in [5.74, 6) is -1.28. The van der Waals surface area contributed by atoms with Crippen molar-refractivity contribution in [1.29, 1.82) is 0 Å². The number of aliphatic hydroxyl groups excluding tert-OH is 2.